The van der Waals surface area contributed by atoms with E-state index < -0.39 is 23.6 Å². The zero-order valence-corrected chi connectivity index (χ0v) is 29.9. The molecule has 0 saturated carbocycles. The van der Waals surface area contributed by atoms with E-state index in [9.17, 15) is 14.7 Å². The summed E-state index contributed by atoms with van der Waals surface area (Å²) in [6, 6.07) is 6.87. The van der Waals surface area contributed by atoms with Gasteiger partial charge in [0.15, 0.2) is 0 Å². The fraction of sp³-hybridized carbons (Fsp3) is 0.531. The lowest BCUT2D eigenvalue weighted by Gasteiger charge is -2.35. The third-order valence-corrected chi connectivity index (χ3v) is 7.10. The molecule has 0 fully saturated rings. The molecule has 1 unspecified atom stereocenters. The number of thiol groups is 1. The molecule has 0 aliphatic carbocycles. The Morgan fingerprint density at radius 3 is 2.22 bits per heavy atom. The van der Waals surface area contributed by atoms with E-state index in [4.69, 9.17) is 30.7 Å². The molecule has 3 N–H and O–H groups in total. The normalized spacial score (nSPS) is 12.4. The SMILES string of the molecule is C=CCOC.C=CC[C@H](C)O[C@H](CC(OS)c1nc(CC(=O)O)cs1)C(=O)N(CC(C)(C)CO)c1ccc(Cl)cc1.CC.CO. The van der Waals surface area contributed by atoms with Crippen LogP contribution in [0.1, 0.15) is 64.3 Å². The fourth-order valence-electron chi connectivity index (χ4n) is 3.56. The number of halogens is 1. The van der Waals surface area contributed by atoms with Crippen LogP contribution < -0.4 is 4.90 Å². The molecule has 2 aromatic rings. The van der Waals surface area contributed by atoms with Crippen LogP contribution in [0, 0.1) is 5.41 Å². The molecule has 0 spiro atoms. The molecule has 10 nitrogen and oxygen atoms in total. The van der Waals surface area contributed by atoms with E-state index in [1.54, 1.807) is 53.8 Å². The van der Waals surface area contributed by atoms with Crippen molar-refractivity contribution in [3.8, 4) is 0 Å². The van der Waals surface area contributed by atoms with Gasteiger partial charge in [-0.05, 0) is 50.5 Å². The molecule has 13 heteroatoms. The van der Waals surface area contributed by atoms with Crippen LogP contribution in [0.3, 0.4) is 0 Å². The Bertz CT molecular complexity index is 1100. The van der Waals surface area contributed by atoms with Gasteiger partial charge in [0.25, 0.3) is 5.91 Å². The Labute approximate surface area is 283 Å². The third kappa shape index (κ3) is 18.4. The first kappa shape index (κ1) is 44.8. The predicted octanol–water partition coefficient (Wildman–Crippen LogP) is 6.57. The second kappa shape index (κ2) is 25.9. The summed E-state index contributed by atoms with van der Waals surface area (Å²) in [6.45, 7) is 17.5. The molecular formula is C32H51ClN2O8S2. The zero-order chi connectivity index (χ0) is 35.0. The van der Waals surface area contributed by atoms with Gasteiger partial charge in [-0.25, -0.2) is 4.98 Å². The van der Waals surface area contributed by atoms with Gasteiger partial charge in [-0.15, -0.1) is 24.5 Å². The van der Waals surface area contributed by atoms with E-state index >= 15 is 0 Å². The number of aliphatic hydroxyl groups excluding tert-OH is 2. The Morgan fingerprint density at radius 2 is 1.78 bits per heavy atom. The molecule has 0 bridgehead atoms. The number of ether oxygens (including phenoxy) is 2. The predicted molar refractivity (Wildman–Crippen MR) is 186 cm³/mol. The number of nitrogens with zero attached hydrogens (tertiary/aromatic N) is 2. The maximum Gasteiger partial charge on any atom is 0.309 e. The molecule has 1 amide bonds. The lowest BCUT2D eigenvalue weighted by atomic mass is 9.93. The van der Waals surface area contributed by atoms with Crippen molar-refractivity contribution >= 4 is 53.4 Å². The number of rotatable bonds is 17. The molecule has 1 heterocycles. The van der Waals surface area contributed by atoms with E-state index in [1.165, 1.54) is 11.3 Å². The highest BCUT2D eigenvalue weighted by atomic mass is 35.5. The molecule has 0 aliphatic heterocycles. The second-order valence-corrected chi connectivity index (χ2v) is 11.5. The molecule has 1 aromatic heterocycles. The number of benzene rings is 1. The highest BCUT2D eigenvalue weighted by Crippen LogP contribution is 2.31. The van der Waals surface area contributed by atoms with Crippen LogP contribution in [0.4, 0.5) is 5.69 Å². The average Bonchev–Trinajstić information content (AvgIpc) is 3.48. The summed E-state index contributed by atoms with van der Waals surface area (Å²) in [6.07, 6.45) is 1.84. The van der Waals surface area contributed by atoms with Gasteiger partial charge < -0.3 is 33.9 Å². The van der Waals surface area contributed by atoms with Gasteiger partial charge in [0.2, 0.25) is 0 Å². The van der Waals surface area contributed by atoms with Crippen molar-refractivity contribution < 1.29 is 38.6 Å². The summed E-state index contributed by atoms with van der Waals surface area (Å²) in [7, 11) is 2.64. The number of aliphatic hydroxyl groups is 2. The smallest absolute Gasteiger partial charge is 0.309 e. The minimum absolute atomic E-state index is 0.0908. The number of anilines is 1. The first-order valence-corrected chi connectivity index (χ1v) is 16.0. The third-order valence-electron chi connectivity index (χ3n) is 5.61. The standard InChI is InChI=1S/C25H33ClN2O6S2.C4H8O.C2H6.CH4O/c1-5-6-16(2)33-21(12-20(34-35)23-27-18(13-36-23)11-22(30)31)24(32)28(14-25(3,4)15-29)19-9-7-17(26)8-10-19;1-3-4-5-2;2*1-2/h5,7-10,13,16,20-21,29,35H,1,6,11-12,14-15H2,2-4H3,(H,30,31);3H,1,4H2,2H3;1-2H3;2H,1H3/t16-,20?,21+;;;/m0.../s1. The maximum absolute atomic E-state index is 14.0. The highest BCUT2D eigenvalue weighted by Gasteiger charge is 2.34. The van der Waals surface area contributed by atoms with Gasteiger partial charge in [0.1, 0.15) is 17.2 Å². The maximum atomic E-state index is 14.0. The Balaban J connectivity index is 0. The van der Waals surface area contributed by atoms with E-state index in [2.05, 4.69) is 35.8 Å². The first-order chi connectivity index (χ1) is 21.4. The van der Waals surface area contributed by atoms with Crippen LogP contribution in [0.25, 0.3) is 0 Å². The van der Waals surface area contributed by atoms with E-state index in [0.717, 1.165) is 7.11 Å². The van der Waals surface area contributed by atoms with Crippen molar-refractivity contribution in [2.75, 3.05) is 38.9 Å². The minimum atomic E-state index is -0.991. The summed E-state index contributed by atoms with van der Waals surface area (Å²) in [5, 5.41) is 28.6. The topological polar surface area (TPSA) is 139 Å². The van der Waals surface area contributed by atoms with Crippen LogP contribution >= 0.6 is 35.8 Å². The van der Waals surface area contributed by atoms with Gasteiger partial charge in [0, 0.05) is 55.3 Å². The number of aromatic nitrogens is 1. The van der Waals surface area contributed by atoms with E-state index in [1.807, 2.05) is 34.6 Å². The highest BCUT2D eigenvalue weighted by molar-refractivity contribution is 7.75. The van der Waals surface area contributed by atoms with Crippen molar-refractivity contribution in [3.05, 3.63) is 70.7 Å². The first-order valence-electron chi connectivity index (χ1n) is 14.4. The fourth-order valence-corrected chi connectivity index (χ4v) is 4.80. The Kier molecular flexibility index (Phi) is 25.8. The van der Waals surface area contributed by atoms with Gasteiger partial charge >= 0.3 is 5.97 Å². The number of thiazole rings is 1. The molecular weight excluding hydrogens is 640 g/mol. The largest absolute Gasteiger partial charge is 0.481 e. The summed E-state index contributed by atoms with van der Waals surface area (Å²) in [4.78, 5) is 31.0. The van der Waals surface area contributed by atoms with Crippen LogP contribution in [0.2, 0.25) is 5.02 Å². The van der Waals surface area contributed by atoms with Crippen LogP contribution in [0.15, 0.2) is 55.0 Å². The number of hydrogen-bond acceptors (Lipinski definition) is 10. The van der Waals surface area contributed by atoms with Crippen molar-refractivity contribution in [1.82, 2.24) is 4.98 Å². The summed E-state index contributed by atoms with van der Waals surface area (Å²) in [5.74, 6) is -1.32. The van der Waals surface area contributed by atoms with Crippen LogP contribution in [0.5, 0.6) is 0 Å². The number of aliphatic carboxylic acids is 1. The van der Waals surface area contributed by atoms with Gasteiger partial charge in [-0.3, -0.25) is 9.59 Å². The van der Waals surface area contributed by atoms with Gasteiger partial charge in [-0.2, -0.15) is 0 Å². The lowest BCUT2D eigenvalue weighted by molar-refractivity contribution is -0.136. The average molecular weight is 691 g/mol. The molecule has 2 rings (SSSR count). The number of carbonyl (C=O) groups excluding carboxylic acids is 1. The zero-order valence-electron chi connectivity index (χ0n) is 27.4. The molecule has 1 aromatic carbocycles. The van der Waals surface area contributed by atoms with Crippen molar-refractivity contribution in [2.24, 2.45) is 5.41 Å². The van der Waals surface area contributed by atoms with Crippen molar-refractivity contribution in [1.29, 1.82) is 0 Å². The van der Waals surface area contributed by atoms with Crippen molar-refractivity contribution in [3.63, 3.8) is 0 Å². The second-order valence-electron chi connectivity index (χ2n) is 10.0. The van der Waals surface area contributed by atoms with Gasteiger partial charge in [-0.1, -0.05) is 51.4 Å². The lowest BCUT2D eigenvalue weighted by Crippen LogP contribution is -2.47. The number of carboxylic acids is 1. The van der Waals surface area contributed by atoms with Gasteiger partial charge in [0.05, 0.1) is 24.8 Å². The summed E-state index contributed by atoms with van der Waals surface area (Å²) in [5.41, 5.74) is 0.416. The Hall–Kier alpha value is -2.29. The van der Waals surface area contributed by atoms with Crippen molar-refractivity contribution in [2.45, 2.75) is 72.2 Å². The van der Waals surface area contributed by atoms with E-state index in [-0.39, 0.29) is 38.0 Å². The molecule has 256 valence electrons. The number of amides is 1. The number of methoxy groups -OCH3 is 1. The number of hydrogen-bond donors (Lipinski definition) is 4. The quantitative estimate of drug-likeness (QED) is 0.0825. The number of carbonyl (C=O) groups is 2. The van der Waals surface area contributed by atoms with Crippen LogP contribution in [-0.4, -0.2) is 78.4 Å². The van der Waals surface area contributed by atoms with Crippen LogP contribution in [-0.2, 0) is 29.7 Å². The molecule has 3 atom stereocenters. The minimum Gasteiger partial charge on any atom is -0.481 e. The molecule has 0 saturated heterocycles. The molecule has 0 aliphatic rings. The monoisotopic (exact) mass is 690 g/mol. The van der Waals surface area contributed by atoms with E-state index in [0.29, 0.717) is 34.4 Å². The Morgan fingerprint density at radius 1 is 1.18 bits per heavy atom. The summed E-state index contributed by atoms with van der Waals surface area (Å²) >= 11 is 11.3. The molecule has 45 heavy (non-hydrogen) atoms. The molecule has 0 radical (unpaired) electrons. The summed E-state index contributed by atoms with van der Waals surface area (Å²) < 4.78 is 16.1. The number of carboxylic acid groups (broad SMARTS) is 1.